The molecule has 13 heavy (non-hydrogen) atoms. The predicted octanol–water partition coefficient (Wildman–Crippen LogP) is 1.62. The summed E-state index contributed by atoms with van der Waals surface area (Å²) in [7, 11) is 0. The van der Waals surface area contributed by atoms with E-state index in [0.717, 1.165) is 11.4 Å². The Morgan fingerprint density at radius 3 is 2.46 bits per heavy atom. The minimum Gasteiger partial charge on any atom is -0.303 e. The molecule has 0 aliphatic rings. The van der Waals surface area contributed by atoms with Gasteiger partial charge in [-0.2, -0.15) is 0 Å². The number of rotatable bonds is 1. The van der Waals surface area contributed by atoms with E-state index in [1.54, 1.807) is 18.7 Å². The molecule has 66 valence electrons. The molecule has 2 aromatic heterocycles. The molecule has 0 aromatic carbocycles. The van der Waals surface area contributed by atoms with Crippen LogP contribution in [0.1, 0.15) is 5.69 Å². The minimum atomic E-state index is 0.251. The van der Waals surface area contributed by atoms with Crippen LogP contribution in [-0.4, -0.2) is 19.5 Å². The summed E-state index contributed by atoms with van der Waals surface area (Å²) >= 11 is 5.56. The van der Waals surface area contributed by atoms with Gasteiger partial charge in [0.2, 0.25) is 5.28 Å². The lowest BCUT2D eigenvalue weighted by molar-refractivity contribution is 1.01. The standard InChI is InChI=1S/C8H7ClN4/c1-6-4-13(5-12-6)7-2-10-8(9)11-3-7/h2-5H,1H3. The Balaban J connectivity index is 2.41. The topological polar surface area (TPSA) is 43.6 Å². The van der Waals surface area contributed by atoms with Crippen LogP contribution < -0.4 is 0 Å². The smallest absolute Gasteiger partial charge is 0.222 e. The van der Waals surface area contributed by atoms with Crippen molar-refractivity contribution in [2.75, 3.05) is 0 Å². The minimum absolute atomic E-state index is 0.251. The van der Waals surface area contributed by atoms with Gasteiger partial charge < -0.3 is 4.57 Å². The molecule has 0 saturated heterocycles. The van der Waals surface area contributed by atoms with Gasteiger partial charge in [0, 0.05) is 6.20 Å². The van der Waals surface area contributed by atoms with Gasteiger partial charge in [0.25, 0.3) is 0 Å². The van der Waals surface area contributed by atoms with Gasteiger partial charge in [0.15, 0.2) is 0 Å². The number of hydrogen-bond donors (Lipinski definition) is 0. The van der Waals surface area contributed by atoms with Crippen molar-refractivity contribution in [2.24, 2.45) is 0 Å². The average molecular weight is 195 g/mol. The highest BCUT2D eigenvalue weighted by atomic mass is 35.5. The molecule has 0 amide bonds. The number of aryl methyl sites for hydroxylation is 1. The lowest BCUT2D eigenvalue weighted by Gasteiger charge is -1.98. The Bertz CT molecular complexity index is 406. The maximum atomic E-state index is 5.56. The van der Waals surface area contributed by atoms with Crippen LogP contribution in [0, 0.1) is 6.92 Å². The van der Waals surface area contributed by atoms with Gasteiger partial charge in [-0.25, -0.2) is 15.0 Å². The largest absolute Gasteiger partial charge is 0.303 e. The Hall–Kier alpha value is -1.42. The zero-order valence-corrected chi connectivity index (χ0v) is 7.73. The second kappa shape index (κ2) is 3.14. The summed E-state index contributed by atoms with van der Waals surface area (Å²) in [5, 5.41) is 0.251. The molecule has 0 spiro atoms. The Labute approximate surface area is 80.2 Å². The van der Waals surface area contributed by atoms with Crippen LogP contribution in [0.15, 0.2) is 24.9 Å². The molecular weight excluding hydrogens is 188 g/mol. The maximum absolute atomic E-state index is 5.56. The van der Waals surface area contributed by atoms with Crippen LogP contribution in [-0.2, 0) is 0 Å². The summed E-state index contributed by atoms with van der Waals surface area (Å²) in [5.41, 5.74) is 1.81. The number of halogens is 1. The monoisotopic (exact) mass is 194 g/mol. The first-order valence-electron chi connectivity index (χ1n) is 3.74. The first-order valence-corrected chi connectivity index (χ1v) is 4.12. The summed E-state index contributed by atoms with van der Waals surface area (Å²) in [6.45, 7) is 1.92. The Kier molecular flexibility index (Phi) is 1.98. The lowest BCUT2D eigenvalue weighted by Crippen LogP contribution is -1.92. The van der Waals surface area contributed by atoms with E-state index in [1.807, 2.05) is 17.7 Å². The van der Waals surface area contributed by atoms with E-state index in [4.69, 9.17) is 11.6 Å². The molecule has 0 aliphatic heterocycles. The summed E-state index contributed by atoms with van der Waals surface area (Å²) in [4.78, 5) is 11.8. The highest BCUT2D eigenvalue weighted by molar-refractivity contribution is 6.28. The van der Waals surface area contributed by atoms with Crippen molar-refractivity contribution in [1.82, 2.24) is 19.5 Å². The van der Waals surface area contributed by atoms with E-state index in [2.05, 4.69) is 15.0 Å². The molecule has 0 fully saturated rings. The van der Waals surface area contributed by atoms with Crippen molar-refractivity contribution in [3.05, 3.63) is 35.9 Å². The van der Waals surface area contributed by atoms with Crippen molar-refractivity contribution >= 4 is 11.6 Å². The molecule has 0 bridgehead atoms. The molecule has 0 N–H and O–H groups in total. The molecule has 2 rings (SSSR count). The third-order valence-corrected chi connectivity index (χ3v) is 1.81. The molecule has 2 aromatic rings. The molecule has 4 nitrogen and oxygen atoms in total. The summed E-state index contributed by atoms with van der Waals surface area (Å²) in [5.74, 6) is 0. The summed E-state index contributed by atoms with van der Waals surface area (Å²) < 4.78 is 1.84. The van der Waals surface area contributed by atoms with Gasteiger partial charge in [-0.05, 0) is 18.5 Å². The molecular formula is C8H7ClN4. The molecule has 0 atom stereocenters. The van der Waals surface area contributed by atoms with Crippen molar-refractivity contribution in [2.45, 2.75) is 6.92 Å². The van der Waals surface area contributed by atoms with E-state index < -0.39 is 0 Å². The number of aromatic nitrogens is 4. The van der Waals surface area contributed by atoms with Crippen molar-refractivity contribution in [3.63, 3.8) is 0 Å². The van der Waals surface area contributed by atoms with Crippen molar-refractivity contribution in [1.29, 1.82) is 0 Å². The number of imidazole rings is 1. The van der Waals surface area contributed by atoms with E-state index in [9.17, 15) is 0 Å². The second-order valence-corrected chi connectivity index (χ2v) is 2.97. The SMILES string of the molecule is Cc1cn(-c2cnc(Cl)nc2)cn1. The van der Waals surface area contributed by atoms with Gasteiger partial charge in [-0.1, -0.05) is 0 Å². The normalized spacial score (nSPS) is 10.3. The molecule has 0 unspecified atom stereocenters. The maximum Gasteiger partial charge on any atom is 0.222 e. The second-order valence-electron chi connectivity index (χ2n) is 2.63. The zero-order valence-electron chi connectivity index (χ0n) is 6.98. The highest BCUT2D eigenvalue weighted by Gasteiger charge is 1.98. The summed E-state index contributed by atoms with van der Waals surface area (Å²) in [6, 6.07) is 0. The van der Waals surface area contributed by atoms with E-state index in [-0.39, 0.29) is 5.28 Å². The third kappa shape index (κ3) is 1.67. The quantitative estimate of drug-likeness (QED) is 0.648. The van der Waals surface area contributed by atoms with Crippen LogP contribution in [0.25, 0.3) is 5.69 Å². The average Bonchev–Trinajstić information content (AvgIpc) is 2.53. The number of hydrogen-bond acceptors (Lipinski definition) is 3. The Morgan fingerprint density at radius 2 is 1.92 bits per heavy atom. The van der Waals surface area contributed by atoms with Crippen LogP contribution in [0.5, 0.6) is 0 Å². The third-order valence-electron chi connectivity index (χ3n) is 1.62. The predicted molar refractivity (Wildman–Crippen MR) is 48.9 cm³/mol. The zero-order chi connectivity index (χ0) is 9.26. The summed E-state index contributed by atoms with van der Waals surface area (Å²) in [6.07, 6.45) is 6.90. The fraction of sp³-hybridized carbons (Fsp3) is 0.125. The molecule has 0 aliphatic carbocycles. The van der Waals surface area contributed by atoms with Gasteiger partial charge in [-0.3, -0.25) is 0 Å². The fourth-order valence-corrected chi connectivity index (χ4v) is 1.10. The lowest BCUT2D eigenvalue weighted by atomic mass is 10.5. The van der Waals surface area contributed by atoms with E-state index in [1.165, 1.54) is 0 Å². The first kappa shape index (κ1) is 8.19. The van der Waals surface area contributed by atoms with Gasteiger partial charge >= 0.3 is 0 Å². The van der Waals surface area contributed by atoms with E-state index >= 15 is 0 Å². The van der Waals surface area contributed by atoms with Gasteiger partial charge in [0.1, 0.15) is 0 Å². The van der Waals surface area contributed by atoms with Crippen molar-refractivity contribution < 1.29 is 0 Å². The van der Waals surface area contributed by atoms with Gasteiger partial charge in [0.05, 0.1) is 30.1 Å². The first-order chi connectivity index (χ1) is 6.25. The molecule has 0 saturated carbocycles. The van der Waals surface area contributed by atoms with Crippen LogP contribution in [0.2, 0.25) is 5.28 Å². The van der Waals surface area contributed by atoms with E-state index in [0.29, 0.717) is 0 Å². The van der Waals surface area contributed by atoms with Gasteiger partial charge in [-0.15, -0.1) is 0 Å². The van der Waals surface area contributed by atoms with Crippen molar-refractivity contribution in [3.8, 4) is 5.69 Å². The highest BCUT2D eigenvalue weighted by Crippen LogP contribution is 2.07. The fourth-order valence-electron chi connectivity index (χ4n) is 1.00. The molecule has 5 heteroatoms. The molecule has 0 radical (unpaired) electrons. The van der Waals surface area contributed by atoms with Crippen LogP contribution in [0.4, 0.5) is 0 Å². The number of nitrogens with zero attached hydrogens (tertiary/aromatic N) is 4. The van der Waals surface area contributed by atoms with Crippen LogP contribution >= 0.6 is 11.6 Å². The van der Waals surface area contributed by atoms with Crippen LogP contribution in [0.3, 0.4) is 0 Å². The Morgan fingerprint density at radius 1 is 1.23 bits per heavy atom. The molecule has 2 heterocycles.